The number of hydrogen-bond donors (Lipinski definition) is 1. The molecule has 200 valence electrons. The zero-order valence-electron chi connectivity index (χ0n) is 22.6. The molecular weight excluding hydrogens is 485 g/mol. The fourth-order valence-corrected chi connectivity index (χ4v) is 6.60. The van der Waals surface area contributed by atoms with E-state index in [2.05, 4.69) is 22.3 Å². The van der Waals surface area contributed by atoms with Gasteiger partial charge < -0.3 is 5.32 Å². The summed E-state index contributed by atoms with van der Waals surface area (Å²) in [5.41, 5.74) is 6.35. The lowest BCUT2D eigenvalue weighted by atomic mass is 9.83. The van der Waals surface area contributed by atoms with Crippen molar-refractivity contribution in [2.24, 2.45) is 5.92 Å². The Kier molecular flexibility index (Phi) is 7.43. The average Bonchev–Trinajstić information content (AvgIpc) is 3.43. The van der Waals surface area contributed by atoms with Crippen molar-refractivity contribution >= 4 is 22.5 Å². The smallest absolute Gasteiger partial charge is 0.255 e. The van der Waals surface area contributed by atoms with Crippen LogP contribution < -0.4 is 5.32 Å². The second kappa shape index (κ2) is 11.3. The molecule has 4 aromatic rings. The molecular formula is C34H36FN3O. The minimum atomic E-state index is -0.263. The summed E-state index contributed by atoms with van der Waals surface area (Å²) in [4.78, 5) is 20.6. The molecule has 1 aliphatic heterocycles. The number of nitrogens with one attached hydrogen (secondary N) is 1. The average molecular weight is 522 g/mol. The van der Waals surface area contributed by atoms with Crippen LogP contribution in [0.4, 0.5) is 10.1 Å². The van der Waals surface area contributed by atoms with E-state index in [9.17, 15) is 9.18 Å². The molecule has 1 unspecified atom stereocenters. The second-order valence-electron chi connectivity index (χ2n) is 11.3. The van der Waals surface area contributed by atoms with Crippen molar-refractivity contribution in [3.63, 3.8) is 0 Å². The minimum absolute atomic E-state index is 0.164. The van der Waals surface area contributed by atoms with Crippen molar-refractivity contribution < 1.29 is 9.18 Å². The third kappa shape index (κ3) is 5.60. The molecule has 1 N–H and O–H groups in total. The van der Waals surface area contributed by atoms with Gasteiger partial charge in [-0.2, -0.15) is 0 Å². The number of benzene rings is 3. The predicted octanol–water partition coefficient (Wildman–Crippen LogP) is 8.15. The quantitative estimate of drug-likeness (QED) is 0.278. The number of aromatic nitrogens is 1. The molecule has 1 atom stereocenters. The van der Waals surface area contributed by atoms with E-state index in [0.717, 1.165) is 51.8 Å². The molecule has 1 amide bonds. The lowest BCUT2D eigenvalue weighted by Crippen LogP contribution is -2.36. The standard InChI is InChI=1S/C34H36FN3O/c1-23-31(37-34(39)28-11-9-25(10-12-28)26-13-16-30(35)17-14-26)18-15-29-20-24(21-36-33(23)29)22-38-19-5-8-32(38)27-6-3-2-4-7-27/h9-18,20-21,27,32H,2-8,19,22H2,1H3,(H,37,39). The highest BCUT2D eigenvalue weighted by molar-refractivity contribution is 6.06. The zero-order valence-corrected chi connectivity index (χ0v) is 22.6. The number of rotatable bonds is 6. The molecule has 2 fully saturated rings. The molecule has 0 bridgehead atoms. The number of aryl methyl sites for hydroxylation is 1. The lowest BCUT2D eigenvalue weighted by Gasteiger charge is -2.34. The van der Waals surface area contributed by atoms with E-state index in [0.29, 0.717) is 5.56 Å². The Morgan fingerprint density at radius 1 is 0.923 bits per heavy atom. The first-order valence-corrected chi connectivity index (χ1v) is 14.3. The van der Waals surface area contributed by atoms with Crippen LogP contribution in [0.15, 0.2) is 72.9 Å². The first-order valence-electron chi connectivity index (χ1n) is 14.3. The Labute approximate surface area is 230 Å². The number of halogens is 1. The van der Waals surface area contributed by atoms with E-state index >= 15 is 0 Å². The Bertz CT molecular complexity index is 1460. The van der Waals surface area contributed by atoms with Gasteiger partial charge in [0.25, 0.3) is 5.91 Å². The van der Waals surface area contributed by atoms with Gasteiger partial charge in [-0.3, -0.25) is 14.7 Å². The molecule has 4 nitrogen and oxygen atoms in total. The Hall–Kier alpha value is -3.57. The fraction of sp³-hybridized carbons (Fsp3) is 0.353. The van der Waals surface area contributed by atoms with E-state index in [-0.39, 0.29) is 11.7 Å². The molecule has 3 aromatic carbocycles. The number of nitrogens with zero attached hydrogens (tertiary/aromatic N) is 2. The highest BCUT2D eigenvalue weighted by Crippen LogP contribution is 2.35. The van der Waals surface area contributed by atoms with E-state index in [1.807, 2.05) is 31.3 Å². The van der Waals surface area contributed by atoms with Gasteiger partial charge in [-0.15, -0.1) is 0 Å². The molecule has 6 rings (SSSR count). The van der Waals surface area contributed by atoms with Gasteiger partial charge in [-0.1, -0.05) is 49.6 Å². The predicted molar refractivity (Wildman–Crippen MR) is 156 cm³/mol. The van der Waals surface area contributed by atoms with Gasteiger partial charge in [0.05, 0.1) is 5.52 Å². The van der Waals surface area contributed by atoms with Crippen LogP contribution in [0.2, 0.25) is 0 Å². The van der Waals surface area contributed by atoms with Crippen LogP contribution in [-0.2, 0) is 6.54 Å². The molecule has 0 radical (unpaired) electrons. The number of amides is 1. The number of carbonyl (C=O) groups is 1. The summed E-state index contributed by atoms with van der Waals surface area (Å²) >= 11 is 0. The van der Waals surface area contributed by atoms with Crippen molar-refractivity contribution in [3.05, 3.63) is 95.4 Å². The van der Waals surface area contributed by atoms with Crippen LogP contribution in [0.3, 0.4) is 0 Å². The van der Waals surface area contributed by atoms with Crippen molar-refractivity contribution in [2.75, 3.05) is 11.9 Å². The van der Waals surface area contributed by atoms with Gasteiger partial charge in [0, 0.05) is 35.4 Å². The van der Waals surface area contributed by atoms with Gasteiger partial charge in [0.15, 0.2) is 0 Å². The van der Waals surface area contributed by atoms with E-state index < -0.39 is 0 Å². The minimum Gasteiger partial charge on any atom is -0.322 e. The third-order valence-corrected chi connectivity index (χ3v) is 8.73. The lowest BCUT2D eigenvalue weighted by molar-refractivity contribution is 0.102. The van der Waals surface area contributed by atoms with Gasteiger partial charge in [-0.05, 0) is 104 Å². The molecule has 2 aliphatic rings. The van der Waals surface area contributed by atoms with Crippen LogP contribution in [0, 0.1) is 18.7 Å². The molecule has 39 heavy (non-hydrogen) atoms. The van der Waals surface area contributed by atoms with Crippen molar-refractivity contribution in [1.82, 2.24) is 9.88 Å². The van der Waals surface area contributed by atoms with Gasteiger partial charge in [0.2, 0.25) is 0 Å². The molecule has 1 saturated heterocycles. The summed E-state index contributed by atoms with van der Waals surface area (Å²) < 4.78 is 13.2. The fourth-order valence-electron chi connectivity index (χ4n) is 6.60. The van der Waals surface area contributed by atoms with E-state index in [1.165, 1.54) is 69.2 Å². The summed E-state index contributed by atoms with van der Waals surface area (Å²) in [6, 6.07) is 20.8. The van der Waals surface area contributed by atoms with Crippen molar-refractivity contribution in [3.8, 4) is 11.1 Å². The maximum absolute atomic E-state index is 13.2. The number of carbonyl (C=O) groups excluding carboxylic acids is 1. The van der Waals surface area contributed by atoms with Crippen molar-refractivity contribution in [1.29, 1.82) is 0 Å². The summed E-state index contributed by atoms with van der Waals surface area (Å²) in [5.74, 6) is 0.436. The Balaban J connectivity index is 1.14. The number of fused-ring (bicyclic) bond motifs is 1. The summed E-state index contributed by atoms with van der Waals surface area (Å²) in [7, 11) is 0. The highest BCUT2D eigenvalue weighted by atomic mass is 19.1. The van der Waals surface area contributed by atoms with Crippen LogP contribution in [0.25, 0.3) is 22.0 Å². The monoisotopic (exact) mass is 521 g/mol. The van der Waals surface area contributed by atoms with Gasteiger partial charge in [0.1, 0.15) is 5.82 Å². The number of anilines is 1. The van der Waals surface area contributed by atoms with Gasteiger partial charge >= 0.3 is 0 Å². The maximum atomic E-state index is 13.2. The topological polar surface area (TPSA) is 45.2 Å². The van der Waals surface area contributed by atoms with Crippen LogP contribution in [0.5, 0.6) is 0 Å². The Morgan fingerprint density at radius 3 is 2.38 bits per heavy atom. The zero-order chi connectivity index (χ0) is 26.8. The first-order chi connectivity index (χ1) is 19.0. The Morgan fingerprint density at radius 2 is 1.64 bits per heavy atom. The summed E-state index contributed by atoms with van der Waals surface area (Å²) in [5, 5.41) is 4.18. The SMILES string of the molecule is Cc1c(NC(=O)c2ccc(-c3ccc(F)cc3)cc2)ccc2cc(CN3CCCC3C3CCCCC3)cnc12. The second-order valence-corrected chi connectivity index (χ2v) is 11.3. The van der Waals surface area contributed by atoms with Crippen LogP contribution >= 0.6 is 0 Å². The molecule has 1 aliphatic carbocycles. The molecule has 2 heterocycles. The number of pyridine rings is 1. The normalized spacial score (nSPS) is 18.5. The number of likely N-dealkylation sites (tertiary alicyclic amines) is 1. The summed E-state index contributed by atoms with van der Waals surface area (Å²) in [6.45, 7) is 4.17. The third-order valence-electron chi connectivity index (χ3n) is 8.73. The molecule has 1 saturated carbocycles. The summed E-state index contributed by atoms with van der Waals surface area (Å²) in [6.07, 6.45) is 11.6. The van der Waals surface area contributed by atoms with Crippen molar-refractivity contribution in [2.45, 2.75) is 64.5 Å². The van der Waals surface area contributed by atoms with E-state index in [4.69, 9.17) is 4.98 Å². The largest absolute Gasteiger partial charge is 0.322 e. The number of hydrogen-bond acceptors (Lipinski definition) is 3. The van der Waals surface area contributed by atoms with Crippen LogP contribution in [0.1, 0.15) is 66.4 Å². The highest BCUT2D eigenvalue weighted by Gasteiger charge is 2.32. The molecule has 5 heteroatoms. The van der Waals surface area contributed by atoms with Gasteiger partial charge in [-0.25, -0.2) is 4.39 Å². The molecule has 1 aromatic heterocycles. The molecule has 0 spiro atoms. The first kappa shape index (κ1) is 25.7. The van der Waals surface area contributed by atoms with E-state index in [1.54, 1.807) is 24.3 Å². The maximum Gasteiger partial charge on any atom is 0.255 e. The van der Waals surface area contributed by atoms with Crippen LogP contribution in [-0.4, -0.2) is 28.4 Å².